The lowest BCUT2D eigenvalue weighted by atomic mass is 10.0. The van der Waals surface area contributed by atoms with Crippen molar-refractivity contribution in [1.82, 2.24) is 10.6 Å². The Kier molecular flexibility index (Phi) is 6.82. The molecular formula is C25H25N3O2S. The molecule has 0 saturated carbocycles. The normalized spacial score (nSPS) is 10.8. The summed E-state index contributed by atoms with van der Waals surface area (Å²) in [6.45, 7) is 5.78. The maximum atomic E-state index is 12.5. The molecule has 3 aromatic rings. The number of amides is 2. The molecule has 0 atom stereocenters. The van der Waals surface area contributed by atoms with Gasteiger partial charge in [0.15, 0.2) is 5.11 Å². The number of anilines is 1. The van der Waals surface area contributed by atoms with Crippen LogP contribution in [0.3, 0.4) is 0 Å². The highest BCUT2D eigenvalue weighted by molar-refractivity contribution is 7.80. The number of nitrogens with one attached hydrogen (secondary N) is 3. The monoisotopic (exact) mass is 431 g/mol. The molecule has 3 N–H and O–H groups in total. The van der Waals surface area contributed by atoms with Crippen LogP contribution in [0.1, 0.15) is 41.5 Å². The molecule has 3 aromatic carbocycles. The summed E-state index contributed by atoms with van der Waals surface area (Å²) in [5.41, 5.74) is 3.56. The molecule has 158 valence electrons. The second-order valence-corrected chi connectivity index (χ2v) is 8.54. The van der Waals surface area contributed by atoms with E-state index in [1.54, 1.807) is 36.4 Å². The number of carbonyl (C=O) groups is 2. The van der Waals surface area contributed by atoms with Crippen LogP contribution in [0.2, 0.25) is 0 Å². The van der Waals surface area contributed by atoms with Gasteiger partial charge in [0.1, 0.15) is 0 Å². The van der Waals surface area contributed by atoms with Crippen molar-refractivity contribution in [3.05, 3.63) is 90.0 Å². The van der Waals surface area contributed by atoms with Crippen LogP contribution < -0.4 is 16.0 Å². The first-order valence-corrected chi connectivity index (χ1v) is 10.3. The van der Waals surface area contributed by atoms with Crippen molar-refractivity contribution in [3.63, 3.8) is 0 Å². The van der Waals surface area contributed by atoms with Gasteiger partial charge >= 0.3 is 0 Å². The molecule has 0 heterocycles. The van der Waals surface area contributed by atoms with Crippen LogP contribution in [0, 0.1) is 0 Å². The van der Waals surface area contributed by atoms with Crippen molar-refractivity contribution < 1.29 is 9.59 Å². The lowest BCUT2D eigenvalue weighted by Gasteiger charge is -2.20. The molecule has 31 heavy (non-hydrogen) atoms. The SMILES string of the molecule is CC(C)(C)NC(=O)c1ccc(NC(=S)NC(=O)c2ccc(-c3ccccc3)cc2)cc1. The van der Waals surface area contributed by atoms with E-state index in [0.29, 0.717) is 16.8 Å². The first-order chi connectivity index (χ1) is 14.7. The number of thiocarbonyl (C=S) groups is 1. The zero-order valence-electron chi connectivity index (χ0n) is 17.7. The lowest BCUT2D eigenvalue weighted by molar-refractivity contribution is 0.0918. The van der Waals surface area contributed by atoms with Crippen molar-refractivity contribution >= 4 is 34.8 Å². The number of hydrogen-bond donors (Lipinski definition) is 3. The minimum absolute atomic E-state index is 0.145. The summed E-state index contributed by atoms with van der Waals surface area (Å²) in [6, 6.07) is 24.2. The Hall–Kier alpha value is -3.51. The van der Waals surface area contributed by atoms with Crippen LogP contribution in [0.25, 0.3) is 11.1 Å². The topological polar surface area (TPSA) is 70.2 Å². The van der Waals surface area contributed by atoms with E-state index < -0.39 is 0 Å². The average Bonchev–Trinajstić information content (AvgIpc) is 2.73. The van der Waals surface area contributed by atoms with Crippen molar-refractivity contribution in [2.24, 2.45) is 0 Å². The van der Waals surface area contributed by atoms with E-state index in [1.807, 2.05) is 63.2 Å². The lowest BCUT2D eigenvalue weighted by Crippen LogP contribution is -2.40. The molecule has 0 saturated heterocycles. The van der Waals surface area contributed by atoms with Crippen LogP contribution in [-0.4, -0.2) is 22.5 Å². The van der Waals surface area contributed by atoms with E-state index >= 15 is 0 Å². The van der Waals surface area contributed by atoms with E-state index in [4.69, 9.17) is 12.2 Å². The van der Waals surface area contributed by atoms with Crippen molar-refractivity contribution in [3.8, 4) is 11.1 Å². The summed E-state index contributed by atoms with van der Waals surface area (Å²) in [5, 5.41) is 8.73. The van der Waals surface area contributed by atoms with E-state index in [1.165, 1.54) is 0 Å². The molecule has 0 spiro atoms. The van der Waals surface area contributed by atoms with Crippen LogP contribution in [0.15, 0.2) is 78.9 Å². The minimum Gasteiger partial charge on any atom is -0.347 e. The highest BCUT2D eigenvalue weighted by atomic mass is 32.1. The Morgan fingerprint density at radius 2 is 1.23 bits per heavy atom. The van der Waals surface area contributed by atoms with Crippen molar-refractivity contribution in [1.29, 1.82) is 0 Å². The molecule has 0 aliphatic carbocycles. The number of hydrogen-bond acceptors (Lipinski definition) is 3. The Bertz CT molecular complexity index is 1070. The van der Waals surface area contributed by atoms with Crippen molar-refractivity contribution in [2.45, 2.75) is 26.3 Å². The Morgan fingerprint density at radius 1 is 0.710 bits per heavy atom. The van der Waals surface area contributed by atoms with Gasteiger partial charge < -0.3 is 10.6 Å². The van der Waals surface area contributed by atoms with Gasteiger partial charge in [-0.1, -0.05) is 42.5 Å². The molecule has 0 aliphatic heterocycles. The summed E-state index contributed by atoms with van der Waals surface area (Å²) in [7, 11) is 0. The largest absolute Gasteiger partial charge is 0.347 e. The summed E-state index contributed by atoms with van der Waals surface area (Å²) >= 11 is 5.25. The van der Waals surface area contributed by atoms with Gasteiger partial charge in [0.2, 0.25) is 0 Å². The highest BCUT2D eigenvalue weighted by Gasteiger charge is 2.15. The molecule has 0 unspecified atom stereocenters. The molecule has 0 fully saturated rings. The third-order valence-electron chi connectivity index (χ3n) is 4.37. The Balaban J connectivity index is 1.56. The molecule has 5 nitrogen and oxygen atoms in total. The van der Waals surface area contributed by atoms with Crippen LogP contribution >= 0.6 is 12.2 Å². The van der Waals surface area contributed by atoms with Crippen LogP contribution in [0.4, 0.5) is 5.69 Å². The van der Waals surface area contributed by atoms with E-state index in [2.05, 4.69) is 16.0 Å². The molecule has 0 aliphatic rings. The van der Waals surface area contributed by atoms with E-state index in [0.717, 1.165) is 11.1 Å². The fraction of sp³-hybridized carbons (Fsp3) is 0.160. The van der Waals surface area contributed by atoms with Gasteiger partial charge in [-0.25, -0.2) is 0 Å². The zero-order chi connectivity index (χ0) is 22.4. The molecule has 0 radical (unpaired) electrons. The maximum Gasteiger partial charge on any atom is 0.257 e. The molecular weight excluding hydrogens is 406 g/mol. The zero-order valence-corrected chi connectivity index (χ0v) is 18.5. The second kappa shape index (κ2) is 9.53. The second-order valence-electron chi connectivity index (χ2n) is 8.13. The first-order valence-electron chi connectivity index (χ1n) is 9.92. The summed E-state index contributed by atoms with van der Waals surface area (Å²) < 4.78 is 0. The molecule has 3 rings (SSSR count). The van der Waals surface area contributed by atoms with Gasteiger partial charge in [-0.05, 0) is 80.5 Å². The maximum absolute atomic E-state index is 12.5. The van der Waals surface area contributed by atoms with Gasteiger partial charge in [-0.3, -0.25) is 14.9 Å². The fourth-order valence-corrected chi connectivity index (χ4v) is 3.11. The van der Waals surface area contributed by atoms with Gasteiger partial charge in [0, 0.05) is 22.4 Å². The summed E-state index contributed by atoms with van der Waals surface area (Å²) in [4.78, 5) is 24.7. The average molecular weight is 432 g/mol. The minimum atomic E-state index is -0.306. The highest BCUT2D eigenvalue weighted by Crippen LogP contribution is 2.19. The molecule has 2 amide bonds. The number of rotatable bonds is 4. The van der Waals surface area contributed by atoms with Gasteiger partial charge in [-0.2, -0.15) is 0 Å². The van der Waals surface area contributed by atoms with Gasteiger partial charge in [0.05, 0.1) is 0 Å². The fourth-order valence-electron chi connectivity index (χ4n) is 2.90. The molecule has 6 heteroatoms. The third kappa shape index (κ3) is 6.49. The Morgan fingerprint density at radius 3 is 1.81 bits per heavy atom. The van der Waals surface area contributed by atoms with Crippen LogP contribution in [-0.2, 0) is 0 Å². The standard InChI is InChI=1S/C25H25N3O2S/c1-25(2,3)28-23(30)20-13-15-21(16-14-20)26-24(31)27-22(29)19-11-9-18(10-12-19)17-7-5-4-6-8-17/h4-16H,1-3H3,(H,28,30)(H2,26,27,29,31). The van der Waals surface area contributed by atoms with E-state index in [-0.39, 0.29) is 22.5 Å². The number of carbonyl (C=O) groups excluding carboxylic acids is 2. The molecule has 0 bridgehead atoms. The first kappa shape index (κ1) is 22.2. The van der Waals surface area contributed by atoms with Gasteiger partial charge in [0.25, 0.3) is 11.8 Å². The Labute approximate surface area is 187 Å². The predicted molar refractivity (Wildman–Crippen MR) is 129 cm³/mol. The number of benzene rings is 3. The quantitative estimate of drug-likeness (QED) is 0.508. The predicted octanol–water partition coefficient (Wildman–Crippen LogP) is 5.01. The summed E-state index contributed by atoms with van der Waals surface area (Å²) in [6.07, 6.45) is 0. The van der Waals surface area contributed by atoms with Crippen molar-refractivity contribution in [2.75, 3.05) is 5.32 Å². The third-order valence-corrected chi connectivity index (χ3v) is 4.58. The van der Waals surface area contributed by atoms with Gasteiger partial charge in [-0.15, -0.1) is 0 Å². The smallest absolute Gasteiger partial charge is 0.257 e. The summed E-state index contributed by atoms with van der Waals surface area (Å²) in [5.74, 6) is -0.438. The van der Waals surface area contributed by atoms with E-state index in [9.17, 15) is 9.59 Å². The van der Waals surface area contributed by atoms with Crippen LogP contribution in [0.5, 0.6) is 0 Å². The molecule has 0 aromatic heterocycles.